The van der Waals surface area contributed by atoms with Crippen molar-refractivity contribution >= 4 is 29.0 Å². The molecule has 5 heteroatoms. The van der Waals surface area contributed by atoms with Crippen LogP contribution >= 0.6 is 0 Å². The van der Waals surface area contributed by atoms with Gasteiger partial charge in [-0.25, -0.2) is 4.79 Å². The van der Waals surface area contributed by atoms with Crippen molar-refractivity contribution in [2.24, 2.45) is 0 Å². The van der Waals surface area contributed by atoms with Gasteiger partial charge < -0.3 is 15.5 Å². The SMILES string of the molecule is Cc1ccc(C(=O)N2CCc3ccc(NC(=O)Nc4ccc(C)c(C)c4)cc32)cc1. The molecule has 3 amide bonds. The van der Waals surface area contributed by atoms with Gasteiger partial charge in [-0.2, -0.15) is 0 Å². The topological polar surface area (TPSA) is 61.4 Å². The number of hydrogen-bond donors (Lipinski definition) is 2. The molecule has 1 aliphatic heterocycles. The first-order chi connectivity index (χ1) is 14.4. The van der Waals surface area contributed by atoms with Crippen LogP contribution in [-0.2, 0) is 6.42 Å². The Labute approximate surface area is 176 Å². The minimum Gasteiger partial charge on any atom is -0.308 e. The number of aryl methyl sites for hydroxylation is 3. The normalized spacial score (nSPS) is 12.4. The fourth-order valence-corrected chi connectivity index (χ4v) is 3.63. The van der Waals surface area contributed by atoms with Crippen molar-refractivity contribution < 1.29 is 9.59 Å². The molecule has 0 unspecified atom stereocenters. The molecular formula is C25H25N3O2. The lowest BCUT2D eigenvalue weighted by Gasteiger charge is -2.18. The maximum Gasteiger partial charge on any atom is 0.323 e. The molecule has 0 saturated carbocycles. The maximum absolute atomic E-state index is 13.0. The number of carbonyl (C=O) groups excluding carboxylic acids is 2. The number of nitrogens with one attached hydrogen (secondary N) is 2. The summed E-state index contributed by atoms with van der Waals surface area (Å²) in [6, 6.07) is 18.8. The van der Waals surface area contributed by atoms with E-state index in [4.69, 9.17) is 0 Å². The molecule has 3 aromatic carbocycles. The van der Waals surface area contributed by atoms with Gasteiger partial charge in [0.15, 0.2) is 0 Å². The number of anilines is 3. The molecular weight excluding hydrogens is 374 g/mol. The van der Waals surface area contributed by atoms with Gasteiger partial charge in [0.05, 0.1) is 0 Å². The molecule has 1 aliphatic rings. The van der Waals surface area contributed by atoms with Crippen molar-refractivity contribution in [3.8, 4) is 0 Å². The number of carbonyl (C=O) groups is 2. The largest absolute Gasteiger partial charge is 0.323 e. The van der Waals surface area contributed by atoms with Gasteiger partial charge in [-0.05, 0) is 80.3 Å². The van der Waals surface area contributed by atoms with E-state index in [2.05, 4.69) is 10.6 Å². The van der Waals surface area contributed by atoms with Crippen molar-refractivity contribution in [2.75, 3.05) is 22.1 Å². The van der Waals surface area contributed by atoms with Crippen LogP contribution in [0.5, 0.6) is 0 Å². The Morgan fingerprint density at radius 2 is 1.47 bits per heavy atom. The van der Waals surface area contributed by atoms with Crippen LogP contribution in [0.3, 0.4) is 0 Å². The summed E-state index contributed by atoms with van der Waals surface area (Å²) in [5.74, 6) is -0.0227. The molecule has 5 nitrogen and oxygen atoms in total. The zero-order valence-electron chi connectivity index (χ0n) is 17.5. The van der Waals surface area contributed by atoms with Crippen molar-refractivity contribution in [1.29, 1.82) is 0 Å². The Bertz CT molecular complexity index is 1120. The Balaban J connectivity index is 1.49. The second kappa shape index (κ2) is 8.03. The van der Waals surface area contributed by atoms with E-state index < -0.39 is 0 Å². The van der Waals surface area contributed by atoms with Crippen LogP contribution < -0.4 is 15.5 Å². The number of benzene rings is 3. The van der Waals surface area contributed by atoms with Gasteiger partial charge >= 0.3 is 6.03 Å². The fourth-order valence-electron chi connectivity index (χ4n) is 3.63. The van der Waals surface area contributed by atoms with Gasteiger partial charge in [-0.15, -0.1) is 0 Å². The molecule has 2 N–H and O–H groups in total. The molecule has 0 aromatic heterocycles. The second-order valence-corrected chi connectivity index (χ2v) is 7.79. The van der Waals surface area contributed by atoms with Crippen molar-refractivity contribution in [2.45, 2.75) is 27.2 Å². The van der Waals surface area contributed by atoms with Crippen LogP contribution in [0.4, 0.5) is 21.9 Å². The molecule has 0 spiro atoms. The molecule has 4 rings (SSSR count). The molecule has 3 aromatic rings. The van der Waals surface area contributed by atoms with E-state index >= 15 is 0 Å². The molecule has 0 atom stereocenters. The van der Waals surface area contributed by atoms with Gasteiger partial charge in [-0.1, -0.05) is 29.8 Å². The average Bonchev–Trinajstić information content (AvgIpc) is 3.14. The summed E-state index contributed by atoms with van der Waals surface area (Å²) in [4.78, 5) is 27.2. The smallest absolute Gasteiger partial charge is 0.308 e. The van der Waals surface area contributed by atoms with E-state index in [9.17, 15) is 9.59 Å². The summed E-state index contributed by atoms with van der Waals surface area (Å²) < 4.78 is 0. The van der Waals surface area contributed by atoms with E-state index in [0.717, 1.165) is 34.5 Å². The first-order valence-electron chi connectivity index (χ1n) is 10.1. The Morgan fingerprint density at radius 3 is 2.17 bits per heavy atom. The Morgan fingerprint density at radius 1 is 0.800 bits per heavy atom. The summed E-state index contributed by atoms with van der Waals surface area (Å²) in [6.45, 7) is 6.69. The number of hydrogen-bond acceptors (Lipinski definition) is 2. The first-order valence-corrected chi connectivity index (χ1v) is 10.1. The highest BCUT2D eigenvalue weighted by Gasteiger charge is 2.26. The van der Waals surface area contributed by atoms with E-state index in [-0.39, 0.29) is 11.9 Å². The molecule has 0 fully saturated rings. The zero-order chi connectivity index (χ0) is 21.3. The third-order valence-electron chi connectivity index (χ3n) is 5.55. The standard InChI is InChI=1S/C25H25N3O2/c1-16-4-7-20(8-5-16)24(29)28-13-12-19-9-11-22(15-23(19)28)27-25(30)26-21-10-6-17(2)18(3)14-21/h4-11,14-15H,12-13H2,1-3H3,(H2,26,27,30). The lowest BCUT2D eigenvalue weighted by atomic mass is 10.1. The van der Waals surface area contributed by atoms with Gasteiger partial charge in [-0.3, -0.25) is 4.79 Å². The van der Waals surface area contributed by atoms with E-state index in [1.165, 1.54) is 5.56 Å². The predicted octanol–water partition coefficient (Wildman–Crippen LogP) is 5.46. The summed E-state index contributed by atoms with van der Waals surface area (Å²) in [5, 5.41) is 5.73. The van der Waals surface area contributed by atoms with Crippen molar-refractivity contribution in [1.82, 2.24) is 0 Å². The number of amides is 3. The van der Waals surface area contributed by atoms with Crippen LogP contribution in [0.15, 0.2) is 60.7 Å². The molecule has 1 heterocycles. The first kappa shape index (κ1) is 19.7. The van der Waals surface area contributed by atoms with Gasteiger partial charge in [0.25, 0.3) is 5.91 Å². The molecule has 30 heavy (non-hydrogen) atoms. The van der Waals surface area contributed by atoms with Gasteiger partial charge in [0, 0.05) is 29.2 Å². The highest BCUT2D eigenvalue weighted by atomic mass is 16.2. The van der Waals surface area contributed by atoms with Crippen LogP contribution in [0.2, 0.25) is 0 Å². The Kier molecular flexibility index (Phi) is 5.27. The monoisotopic (exact) mass is 399 g/mol. The number of fused-ring (bicyclic) bond motifs is 1. The fraction of sp³-hybridized carbons (Fsp3) is 0.200. The molecule has 0 saturated heterocycles. The maximum atomic E-state index is 13.0. The molecule has 0 radical (unpaired) electrons. The minimum absolute atomic E-state index is 0.0227. The molecule has 0 aliphatic carbocycles. The van der Waals surface area contributed by atoms with Crippen molar-refractivity contribution in [3.05, 3.63) is 88.5 Å². The quantitative estimate of drug-likeness (QED) is 0.614. The van der Waals surface area contributed by atoms with Crippen LogP contribution in [0.1, 0.15) is 32.6 Å². The highest BCUT2D eigenvalue weighted by Crippen LogP contribution is 2.32. The van der Waals surface area contributed by atoms with E-state index in [1.807, 2.05) is 81.4 Å². The summed E-state index contributed by atoms with van der Waals surface area (Å²) in [6.07, 6.45) is 0.808. The summed E-state index contributed by atoms with van der Waals surface area (Å²) >= 11 is 0. The molecule has 0 bridgehead atoms. The Hall–Kier alpha value is -3.60. The zero-order valence-corrected chi connectivity index (χ0v) is 17.5. The van der Waals surface area contributed by atoms with E-state index in [0.29, 0.717) is 17.8 Å². The number of urea groups is 1. The minimum atomic E-state index is -0.312. The van der Waals surface area contributed by atoms with Crippen LogP contribution in [0, 0.1) is 20.8 Å². The third-order valence-corrected chi connectivity index (χ3v) is 5.55. The second-order valence-electron chi connectivity index (χ2n) is 7.79. The number of nitrogens with zero attached hydrogens (tertiary/aromatic N) is 1. The molecule has 152 valence electrons. The highest BCUT2D eigenvalue weighted by molar-refractivity contribution is 6.08. The third kappa shape index (κ3) is 4.06. The van der Waals surface area contributed by atoms with E-state index in [1.54, 1.807) is 4.90 Å². The van der Waals surface area contributed by atoms with Gasteiger partial charge in [0.1, 0.15) is 0 Å². The van der Waals surface area contributed by atoms with Crippen molar-refractivity contribution in [3.63, 3.8) is 0 Å². The summed E-state index contributed by atoms with van der Waals surface area (Å²) in [5.41, 5.74) is 7.44. The van der Waals surface area contributed by atoms with Crippen LogP contribution in [0.25, 0.3) is 0 Å². The van der Waals surface area contributed by atoms with Crippen LogP contribution in [-0.4, -0.2) is 18.5 Å². The lowest BCUT2D eigenvalue weighted by Crippen LogP contribution is -2.29. The summed E-state index contributed by atoms with van der Waals surface area (Å²) in [7, 11) is 0. The average molecular weight is 399 g/mol. The lowest BCUT2D eigenvalue weighted by molar-refractivity contribution is 0.0989. The predicted molar refractivity (Wildman–Crippen MR) is 122 cm³/mol. The number of rotatable bonds is 3. The van der Waals surface area contributed by atoms with Gasteiger partial charge in [0.2, 0.25) is 0 Å².